The Morgan fingerprint density at radius 3 is 1.22 bits per heavy atom. The van der Waals surface area contributed by atoms with Gasteiger partial charge < -0.3 is 30.7 Å². The van der Waals surface area contributed by atoms with Crippen LogP contribution in [0.15, 0.2) is 22.8 Å². The Morgan fingerprint density at radius 1 is 0.633 bits per heavy atom. The Bertz CT molecular complexity index is 1230. The molecule has 3 aliphatic heterocycles. The van der Waals surface area contributed by atoms with E-state index in [0.717, 1.165) is 18.9 Å². The van der Waals surface area contributed by atoms with Crippen molar-refractivity contribution >= 4 is 23.9 Å². The van der Waals surface area contributed by atoms with Crippen LogP contribution >= 0.6 is 0 Å². The molecule has 0 aliphatic carbocycles. The summed E-state index contributed by atoms with van der Waals surface area (Å²) in [7, 11) is 2.07. The van der Waals surface area contributed by atoms with E-state index in [9.17, 15) is 29.4 Å². The number of piperidine rings is 3. The Hall–Kier alpha value is -2.76. The van der Waals surface area contributed by atoms with E-state index in [1.54, 1.807) is 6.92 Å². The van der Waals surface area contributed by atoms with E-state index < -0.39 is 23.9 Å². The molecule has 0 aromatic carbocycles. The molecule has 5 N–H and O–H groups in total. The summed E-state index contributed by atoms with van der Waals surface area (Å²) in [4.78, 5) is 50.2. The van der Waals surface area contributed by atoms with E-state index in [1.807, 2.05) is 0 Å². The van der Waals surface area contributed by atoms with E-state index in [0.29, 0.717) is 25.7 Å². The third-order valence-electron chi connectivity index (χ3n) is 10.5. The Morgan fingerprint density at radius 2 is 0.959 bits per heavy atom. The van der Waals surface area contributed by atoms with Crippen molar-refractivity contribution in [2.24, 2.45) is 17.8 Å². The number of nitrogens with zero attached hydrogens (tertiary/aromatic N) is 1. The molecule has 0 radical (unpaired) electrons. The molecule has 0 atom stereocenters. The number of nitrogens with one attached hydrogen (secondary N) is 2. The molecule has 3 saturated heterocycles. The zero-order valence-corrected chi connectivity index (χ0v) is 32.6. The SMILES string of the molecule is CC1(C)CC(/C(C(=O)O)=C(\C(=O)O)C2CC(C)(C)NC(C)(C)C2)CC(C)(C)N1.CCOC(=O)/C(=C\C(=O)O)C1CC(C)(C)N(C)C(C)(C)C1. The topological polar surface area (TPSA) is 166 Å². The molecule has 3 rings (SSSR count). The highest BCUT2D eigenvalue weighted by Gasteiger charge is 2.47. The minimum atomic E-state index is -1.10. The Labute approximate surface area is 294 Å². The molecule has 49 heavy (non-hydrogen) atoms. The number of carbonyl (C=O) groups is 4. The zero-order chi connectivity index (χ0) is 38.1. The van der Waals surface area contributed by atoms with Crippen LogP contribution in [0.4, 0.5) is 0 Å². The highest BCUT2D eigenvalue weighted by Crippen LogP contribution is 2.44. The number of rotatable bonds is 8. The van der Waals surface area contributed by atoms with E-state index >= 15 is 0 Å². The van der Waals surface area contributed by atoms with Gasteiger partial charge in [0.1, 0.15) is 0 Å². The van der Waals surface area contributed by atoms with E-state index in [2.05, 4.69) is 106 Å². The normalized spacial score (nSPS) is 25.6. The van der Waals surface area contributed by atoms with Crippen molar-refractivity contribution in [1.29, 1.82) is 0 Å². The molecule has 11 nitrogen and oxygen atoms in total. The molecule has 0 saturated carbocycles. The largest absolute Gasteiger partial charge is 0.478 e. The van der Waals surface area contributed by atoms with Crippen molar-refractivity contribution in [3.05, 3.63) is 22.8 Å². The highest BCUT2D eigenvalue weighted by molar-refractivity contribution is 5.99. The Kier molecular flexibility index (Phi) is 12.8. The van der Waals surface area contributed by atoms with Gasteiger partial charge in [-0.15, -0.1) is 0 Å². The number of hydrogen-bond acceptors (Lipinski definition) is 8. The number of carbonyl (C=O) groups excluding carboxylic acids is 1. The number of likely N-dealkylation sites (tertiary alicyclic amines) is 1. The van der Waals surface area contributed by atoms with Gasteiger partial charge in [0.15, 0.2) is 0 Å². The van der Waals surface area contributed by atoms with E-state index in [1.165, 1.54) is 0 Å². The molecule has 0 unspecified atom stereocenters. The number of carboxylic acids is 3. The third-order valence-corrected chi connectivity index (χ3v) is 10.5. The lowest BCUT2D eigenvalue weighted by atomic mass is 9.67. The molecule has 3 aliphatic rings. The van der Waals surface area contributed by atoms with Gasteiger partial charge in [-0.3, -0.25) is 4.90 Å². The maximum absolute atomic E-state index is 12.4. The van der Waals surface area contributed by atoms with E-state index in [-0.39, 0.29) is 74.3 Å². The van der Waals surface area contributed by atoms with Gasteiger partial charge in [0.25, 0.3) is 0 Å². The van der Waals surface area contributed by atoms with Crippen molar-refractivity contribution in [3.63, 3.8) is 0 Å². The number of ether oxygens (including phenoxy) is 1. The van der Waals surface area contributed by atoms with Gasteiger partial charge in [0.05, 0.1) is 17.8 Å². The second kappa shape index (κ2) is 14.8. The number of hydrogen-bond donors (Lipinski definition) is 5. The molecule has 0 bridgehead atoms. The second-order valence-electron chi connectivity index (χ2n) is 18.4. The first kappa shape index (κ1) is 42.4. The molecule has 0 amide bonds. The summed E-state index contributed by atoms with van der Waals surface area (Å²) in [6.07, 6.45) is 4.88. The zero-order valence-electron chi connectivity index (χ0n) is 32.6. The quantitative estimate of drug-likeness (QED) is 0.149. The van der Waals surface area contributed by atoms with Gasteiger partial charge in [-0.1, -0.05) is 0 Å². The fourth-order valence-corrected chi connectivity index (χ4v) is 9.35. The van der Waals surface area contributed by atoms with Crippen molar-refractivity contribution < 1.29 is 39.2 Å². The first-order valence-corrected chi connectivity index (χ1v) is 17.6. The summed E-state index contributed by atoms with van der Waals surface area (Å²) >= 11 is 0. The standard InChI is InChI=1S/C22H38N2O4.C16H27NO4/c1-19(2)9-13(10-20(3,4)23-19)15(17(25)26)16(18(27)28)14-11-21(5,6)24-22(7,8)12-14;1-7-21-14(20)12(8-13(18)19)11-9-15(2,3)17(6)16(4,5)10-11/h13-14,23-24H,9-12H2,1-8H3,(H,25,26)(H,27,28);8,11H,7,9-10H2,1-6H3,(H,18,19)/b16-15+;12-8-. The van der Waals surface area contributed by atoms with E-state index in [4.69, 9.17) is 9.84 Å². The second-order valence-corrected chi connectivity index (χ2v) is 18.4. The summed E-state index contributed by atoms with van der Waals surface area (Å²) in [6.45, 7) is 26.9. The fourth-order valence-electron chi connectivity index (χ4n) is 9.35. The van der Waals surface area contributed by atoms with Crippen LogP contribution < -0.4 is 10.6 Å². The van der Waals surface area contributed by atoms with Crippen molar-refractivity contribution in [2.75, 3.05) is 13.7 Å². The van der Waals surface area contributed by atoms with Crippen LogP contribution in [-0.4, -0.2) is 91.0 Å². The summed E-state index contributed by atoms with van der Waals surface area (Å²) in [5.74, 6) is -4.50. The average molecular weight is 692 g/mol. The minimum Gasteiger partial charge on any atom is -0.478 e. The summed E-state index contributed by atoms with van der Waals surface area (Å²) in [5.41, 5.74) is -0.784. The smallest absolute Gasteiger partial charge is 0.334 e. The predicted molar refractivity (Wildman–Crippen MR) is 191 cm³/mol. The lowest BCUT2D eigenvalue weighted by Crippen LogP contribution is -2.59. The molecule has 0 aromatic heterocycles. The summed E-state index contributed by atoms with van der Waals surface area (Å²) in [5, 5.41) is 36.4. The molecular formula is C38H65N3O8. The molecule has 0 spiro atoms. The lowest BCUT2D eigenvalue weighted by Gasteiger charge is -2.53. The number of aliphatic carboxylic acids is 3. The van der Waals surface area contributed by atoms with Crippen molar-refractivity contribution in [2.45, 2.75) is 162 Å². The van der Waals surface area contributed by atoms with Gasteiger partial charge in [-0.05, 0) is 153 Å². The fraction of sp³-hybridized carbons (Fsp3) is 0.789. The van der Waals surface area contributed by atoms with Gasteiger partial charge in [0, 0.05) is 44.9 Å². The van der Waals surface area contributed by atoms with Crippen LogP contribution in [0.2, 0.25) is 0 Å². The predicted octanol–water partition coefficient (Wildman–Crippen LogP) is 6.03. The third kappa shape index (κ3) is 11.4. The van der Waals surface area contributed by atoms with Crippen molar-refractivity contribution in [1.82, 2.24) is 15.5 Å². The summed E-state index contributed by atoms with van der Waals surface area (Å²) < 4.78 is 5.04. The highest BCUT2D eigenvalue weighted by atomic mass is 16.5. The first-order valence-electron chi connectivity index (χ1n) is 17.6. The maximum atomic E-state index is 12.4. The number of esters is 1. The molecular weight excluding hydrogens is 626 g/mol. The molecule has 3 heterocycles. The molecule has 280 valence electrons. The van der Waals surface area contributed by atoms with Gasteiger partial charge in [-0.2, -0.15) is 0 Å². The first-order chi connectivity index (χ1) is 21.9. The van der Waals surface area contributed by atoms with Crippen LogP contribution in [-0.2, 0) is 23.9 Å². The van der Waals surface area contributed by atoms with Crippen LogP contribution in [0.5, 0.6) is 0 Å². The van der Waals surface area contributed by atoms with Crippen LogP contribution in [0.1, 0.15) is 129 Å². The lowest BCUT2D eigenvalue weighted by molar-refractivity contribution is -0.141. The van der Waals surface area contributed by atoms with Gasteiger partial charge in [0.2, 0.25) is 0 Å². The van der Waals surface area contributed by atoms with Crippen LogP contribution in [0.25, 0.3) is 0 Å². The Balaban J connectivity index is 0.000000355. The van der Waals surface area contributed by atoms with Crippen molar-refractivity contribution in [3.8, 4) is 0 Å². The average Bonchev–Trinajstić information content (AvgIpc) is 2.84. The number of carboxylic acid groups (broad SMARTS) is 3. The summed E-state index contributed by atoms with van der Waals surface area (Å²) in [6, 6.07) is 0. The van der Waals surface area contributed by atoms with Crippen LogP contribution in [0.3, 0.4) is 0 Å². The van der Waals surface area contributed by atoms with Gasteiger partial charge in [-0.25, -0.2) is 19.2 Å². The minimum absolute atomic E-state index is 0.105. The monoisotopic (exact) mass is 691 g/mol. The maximum Gasteiger partial charge on any atom is 0.334 e. The molecule has 11 heteroatoms. The van der Waals surface area contributed by atoms with Crippen LogP contribution in [0, 0.1) is 17.8 Å². The van der Waals surface area contributed by atoms with Gasteiger partial charge >= 0.3 is 23.9 Å². The molecule has 0 aromatic rings. The molecule has 3 fully saturated rings.